The van der Waals surface area contributed by atoms with E-state index >= 15 is 0 Å². The lowest BCUT2D eigenvalue weighted by molar-refractivity contribution is 0.0949. The standard InChI is InChI=1S/C23H26ClN3O/c24-19-12-10-18(11-13-19)23(28)25-16-22-26-20-8-4-5-9-21(20)27(22)15-14-17-6-2-1-3-7-17/h4-5,8-13,17H,1-3,6-7,14-16H2,(H,25,28). The van der Waals surface area contributed by atoms with Crippen molar-refractivity contribution in [3.63, 3.8) is 0 Å². The van der Waals surface area contributed by atoms with Crippen LogP contribution in [0.15, 0.2) is 48.5 Å². The molecule has 2 aromatic carbocycles. The average molecular weight is 396 g/mol. The Morgan fingerprint density at radius 1 is 1.07 bits per heavy atom. The van der Waals surface area contributed by atoms with Crippen molar-refractivity contribution in [2.24, 2.45) is 5.92 Å². The van der Waals surface area contributed by atoms with Gasteiger partial charge in [0.15, 0.2) is 0 Å². The molecule has 1 fully saturated rings. The third kappa shape index (κ3) is 4.39. The van der Waals surface area contributed by atoms with Crippen molar-refractivity contribution in [2.45, 2.75) is 51.6 Å². The Kier molecular flexibility index (Phi) is 5.96. The van der Waals surface area contributed by atoms with Gasteiger partial charge in [-0.15, -0.1) is 0 Å². The smallest absolute Gasteiger partial charge is 0.251 e. The first-order chi connectivity index (χ1) is 13.7. The molecule has 1 saturated carbocycles. The number of fused-ring (bicyclic) bond motifs is 1. The van der Waals surface area contributed by atoms with Crippen LogP contribution in [0.2, 0.25) is 5.02 Å². The van der Waals surface area contributed by atoms with E-state index in [1.165, 1.54) is 38.5 Å². The number of hydrogen-bond acceptors (Lipinski definition) is 2. The molecule has 5 heteroatoms. The molecule has 1 aliphatic rings. The number of nitrogens with zero attached hydrogens (tertiary/aromatic N) is 2. The molecule has 1 aromatic heterocycles. The minimum Gasteiger partial charge on any atom is -0.345 e. The molecule has 0 unspecified atom stereocenters. The molecule has 0 bridgehead atoms. The van der Waals surface area contributed by atoms with Gasteiger partial charge in [-0.1, -0.05) is 55.8 Å². The summed E-state index contributed by atoms with van der Waals surface area (Å²) in [5, 5.41) is 3.63. The van der Waals surface area contributed by atoms with E-state index in [2.05, 4.69) is 22.0 Å². The van der Waals surface area contributed by atoms with E-state index in [-0.39, 0.29) is 5.91 Å². The number of rotatable bonds is 6. The molecular formula is C23H26ClN3O. The van der Waals surface area contributed by atoms with Crippen LogP contribution in [-0.4, -0.2) is 15.5 Å². The summed E-state index contributed by atoms with van der Waals surface area (Å²) in [5.41, 5.74) is 2.74. The predicted molar refractivity (Wildman–Crippen MR) is 114 cm³/mol. The molecule has 1 heterocycles. The van der Waals surface area contributed by atoms with Crippen molar-refractivity contribution in [1.29, 1.82) is 0 Å². The van der Waals surface area contributed by atoms with Gasteiger partial charge in [0.2, 0.25) is 0 Å². The first-order valence-electron chi connectivity index (χ1n) is 10.2. The fourth-order valence-corrected chi connectivity index (χ4v) is 4.29. The maximum Gasteiger partial charge on any atom is 0.251 e. The highest BCUT2D eigenvalue weighted by atomic mass is 35.5. The van der Waals surface area contributed by atoms with Crippen LogP contribution in [0.1, 0.15) is 54.7 Å². The Morgan fingerprint density at radius 2 is 1.82 bits per heavy atom. The summed E-state index contributed by atoms with van der Waals surface area (Å²) in [6, 6.07) is 15.2. The number of benzene rings is 2. The number of carbonyl (C=O) groups is 1. The van der Waals surface area contributed by atoms with Gasteiger partial charge in [-0.3, -0.25) is 4.79 Å². The number of amides is 1. The van der Waals surface area contributed by atoms with Crippen LogP contribution in [0.5, 0.6) is 0 Å². The zero-order chi connectivity index (χ0) is 19.3. The summed E-state index contributed by atoms with van der Waals surface area (Å²) in [6.45, 7) is 1.37. The zero-order valence-corrected chi connectivity index (χ0v) is 16.8. The minimum atomic E-state index is -0.109. The lowest BCUT2D eigenvalue weighted by Crippen LogP contribution is -2.25. The van der Waals surface area contributed by atoms with E-state index in [9.17, 15) is 4.79 Å². The largest absolute Gasteiger partial charge is 0.345 e. The monoisotopic (exact) mass is 395 g/mol. The van der Waals surface area contributed by atoms with Crippen LogP contribution in [0.25, 0.3) is 11.0 Å². The topological polar surface area (TPSA) is 46.9 Å². The molecule has 0 aliphatic heterocycles. The highest BCUT2D eigenvalue weighted by molar-refractivity contribution is 6.30. The lowest BCUT2D eigenvalue weighted by atomic mass is 9.87. The van der Waals surface area contributed by atoms with Crippen LogP contribution in [-0.2, 0) is 13.1 Å². The van der Waals surface area contributed by atoms with Crippen molar-refractivity contribution in [1.82, 2.24) is 14.9 Å². The van der Waals surface area contributed by atoms with Crippen molar-refractivity contribution in [2.75, 3.05) is 0 Å². The molecule has 4 nitrogen and oxygen atoms in total. The van der Waals surface area contributed by atoms with Crippen molar-refractivity contribution in [3.05, 3.63) is 64.9 Å². The van der Waals surface area contributed by atoms with Gasteiger partial charge in [0.05, 0.1) is 17.6 Å². The van der Waals surface area contributed by atoms with Crippen molar-refractivity contribution < 1.29 is 4.79 Å². The maximum absolute atomic E-state index is 12.5. The molecule has 4 rings (SSSR count). The van der Waals surface area contributed by atoms with Crippen LogP contribution in [0, 0.1) is 5.92 Å². The Morgan fingerprint density at radius 3 is 2.61 bits per heavy atom. The van der Waals surface area contributed by atoms with Gasteiger partial charge < -0.3 is 9.88 Å². The highest BCUT2D eigenvalue weighted by Gasteiger charge is 2.16. The third-order valence-electron chi connectivity index (χ3n) is 5.73. The summed E-state index contributed by atoms with van der Waals surface area (Å²) in [7, 11) is 0. The van der Waals surface area contributed by atoms with Crippen LogP contribution in [0.4, 0.5) is 0 Å². The van der Waals surface area contributed by atoms with E-state index in [0.29, 0.717) is 17.1 Å². The number of imidazole rings is 1. The Balaban J connectivity index is 1.49. The van der Waals surface area contributed by atoms with E-state index in [0.717, 1.165) is 29.3 Å². The normalized spacial score (nSPS) is 15.0. The molecule has 0 saturated heterocycles. The van der Waals surface area contributed by atoms with Gasteiger partial charge in [0.25, 0.3) is 5.91 Å². The van der Waals surface area contributed by atoms with Crippen molar-refractivity contribution >= 4 is 28.5 Å². The third-order valence-corrected chi connectivity index (χ3v) is 5.98. The predicted octanol–water partition coefficient (Wildman–Crippen LogP) is 5.59. The average Bonchev–Trinajstić information content (AvgIpc) is 3.09. The van der Waals surface area contributed by atoms with Gasteiger partial charge in [-0.25, -0.2) is 4.98 Å². The number of hydrogen-bond donors (Lipinski definition) is 1. The first-order valence-corrected chi connectivity index (χ1v) is 10.6. The molecule has 146 valence electrons. The SMILES string of the molecule is O=C(NCc1nc2ccccc2n1CCC1CCCCC1)c1ccc(Cl)cc1. The summed E-state index contributed by atoms with van der Waals surface area (Å²) >= 11 is 5.91. The fraction of sp³-hybridized carbons (Fsp3) is 0.391. The fourth-order valence-electron chi connectivity index (χ4n) is 4.16. The number of halogens is 1. The number of aromatic nitrogens is 2. The van der Waals surface area contributed by atoms with Gasteiger partial charge in [-0.2, -0.15) is 0 Å². The van der Waals surface area contributed by atoms with Crippen molar-refractivity contribution in [3.8, 4) is 0 Å². The number of carbonyl (C=O) groups excluding carboxylic acids is 1. The molecule has 1 aliphatic carbocycles. The Bertz CT molecular complexity index is 942. The Labute approximate surface area is 170 Å². The first kappa shape index (κ1) is 19.0. The molecular weight excluding hydrogens is 370 g/mol. The molecule has 1 N–H and O–H groups in total. The molecule has 0 radical (unpaired) electrons. The molecule has 3 aromatic rings. The lowest BCUT2D eigenvalue weighted by Gasteiger charge is -2.22. The number of para-hydroxylation sites is 2. The second-order valence-electron chi connectivity index (χ2n) is 7.65. The van der Waals surface area contributed by atoms with Gasteiger partial charge in [0, 0.05) is 17.1 Å². The summed E-state index contributed by atoms with van der Waals surface area (Å²) in [4.78, 5) is 17.3. The summed E-state index contributed by atoms with van der Waals surface area (Å²) in [6.07, 6.45) is 7.97. The summed E-state index contributed by atoms with van der Waals surface area (Å²) < 4.78 is 2.28. The molecule has 28 heavy (non-hydrogen) atoms. The van der Waals surface area contributed by atoms with Crippen LogP contribution < -0.4 is 5.32 Å². The molecule has 0 spiro atoms. The second-order valence-corrected chi connectivity index (χ2v) is 8.09. The number of aryl methyl sites for hydroxylation is 1. The van der Waals surface area contributed by atoms with E-state index in [1.54, 1.807) is 24.3 Å². The number of nitrogens with one attached hydrogen (secondary N) is 1. The zero-order valence-electron chi connectivity index (χ0n) is 16.0. The Hall–Kier alpha value is -2.33. The maximum atomic E-state index is 12.5. The minimum absolute atomic E-state index is 0.109. The highest BCUT2D eigenvalue weighted by Crippen LogP contribution is 2.27. The van der Waals surface area contributed by atoms with Gasteiger partial charge >= 0.3 is 0 Å². The van der Waals surface area contributed by atoms with Gasteiger partial charge in [0.1, 0.15) is 5.82 Å². The molecule has 1 amide bonds. The molecule has 0 atom stereocenters. The van der Waals surface area contributed by atoms with Crippen LogP contribution >= 0.6 is 11.6 Å². The van der Waals surface area contributed by atoms with Gasteiger partial charge in [-0.05, 0) is 48.7 Å². The quantitative estimate of drug-likeness (QED) is 0.591. The van der Waals surface area contributed by atoms with E-state index < -0.39 is 0 Å². The van der Waals surface area contributed by atoms with E-state index in [1.807, 2.05) is 12.1 Å². The van der Waals surface area contributed by atoms with E-state index in [4.69, 9.17) is 16.6 Å². The summed E-state index contributed by atoms with van der Waals surface area (Å²) in [5.74, 6) is 1.62. The van der Waals surface area contributed by atoms with Crippen LogP contribution in [0.3, 0.4) is 0 Å². The second kappa shape index (κ2) is 8.78.